The maximum atomic E-state index is 4.49. The zero-order valence-electron chi connectivity index (χ0n) is 12.8. The van der Waals surface area contributed by atoms with Gasteiger partial charge in [-0.1, -0.05) is 34.6 Å². The molecule has 1 aromatic rings. The van der Waals surface area contributed by atoms with Gasteiger partial charge in [0.1, 0.15) is 0 Å². The molecule has 1 aromatic heterocycles. The lowest BCUT2D eigenvalue weighted by Gasteiger charge is -2.23. The highest BCUT2D eigenvalue weighted by Crippen LogP contribution is 2.21. The average molecular weight is 251 g/mol. The summed E-state index contributed by atoms with van der Waals surface area (Å²) < 4.78 is 1.91. The van der Waals surface area contributed by atoms with E-state index in [1.165, 1.54) is 24.2 Å². The van der Waals surface area contributed by atoms with Gasteiger partial charge in [-0.2, -0.15) is 5.10 Å². The Morgan fingerprint density at radius 1 is 1.17 bits per heavy atom. The van der Waals surface area contributed by atoms with Gasteiger partial charge in [0.05, 0.1) is 11.4 Å². The zero-order valence-corrected chi connectivity index (χ0v) is 12.8. The largest absolute Gasteiger partial charge is 0.380 e. The zero-order chi connectivity index (χ0) is 13.7. The summed E-state index contributed by atoms with van der Waals surface area (Å²) in [5.74, 6) is 1.45. The molecule has 0 aromatic carbocycles. The molecular formula is C15H29N3. The third kappa shape index (κ3) is 4.71. The Bertz CT molecular complexity index is 343. The minimum atomic E-state index is 0.555. The number of aromatic nitrogens is 2. The summed E-state index contributed by atoms with van der Waals surface area (Å²) in [7, 11) is 1.99. The molecule has 0 spiro atoms. The van der Waals surface area contributed by atoms with Crippen molar-refractivity contribution in [3.05, 3.63) is 11.9 Å². The van der Waals surface area contributed by atoms with Crippen molar-refractivity contribution in [1.29, 1.82) is 0 Å². The molecule has 0 unspecified atom stereocenters. The van der Waals surface area contributed by atoms with Crippen LogP contribution in [0.5, 0.6) is 0 Å². The van der Waals surface area contributed by atoms with Crippen molar-refractivity contribution in [2.75, 3.05) is 5.32 Å². The molecule has 104 valence electrons. The van der Waals surface area contributed by atoms with Gasteiger partial charge in [0, 0.05) is 19.3 Å². The number of hydrogen-bond acceptors (Lipinski definition) is 2. The van der Waals surface area contributed by atoms with Crippen LogP contribution < -0.4 is 5.32 Å². The van der Waals surface area contributed by atoms with Gasteiger partial charge in [-0.15, -0.1) is 0 Å². The highest BCUT2D eigenvalue weighted by molar-refractivity contribution is 5.47. The molecule has 0 radical (unpaired) electrons. The highest BCUT2D eigenvalue weighted by atomic mass is 15.3. The summed E-state index contributed by atoms with van der Waals surface area (Å²) in [5.41, 5.74) is 2.39. The van der Waals surface area contributed by atoms with E-state index in [4.69, 9.17) is 0 Å². The van der Waals surface area contributed by atoms with Crippen LogP contribution >= 0.6 is 0 Å². The Labute approximate surface area is 112 Å². The molecule has 0 aliphatic heterocycles. The molecule has 0 amide bonds. The first kappa shape index (κ1) is 15.1. The Morgan fingerprint density at radius 2 is 1.72 bits per heavy atom. The molecule has 3 nitrogen and oxygen atoms in total. The second kappa shape index (κ2) is 6.81. The number of nitrogens with one attached hydrogen (secondary N) is 1. The second-order valence-corrected chi connectivity index (χ2v) is 6.12. The molecule has 0 aliphatic rings. The monoisotopic (exact) mass is 251 g/mol. The molecule has 1 heterocycles. The van der Waals surface area contributed by atoms with Crippen LogP contribution in [0.3, 0.4) is 0 Å². The standard InChI is InChI=1S/C15H29N3/c1-7-14-15(10-18(6)17-14)16-13(8-11(2)3)9-12(4)5/h10-13,16H,7-9H2,1-6H3. The maximum Gasteiger partial charge on any atom is 0.0853 e. The number of nitrogens with zero attached hydrogens (tertiary/aromatic N) is 2. The molecule has 0 aliphatic carbocycles. The van der Waals surface area contributed by atoms with Crippen LogP contribution in [0.2, 0.25) is 0 Å². The van der Waals surface area contributed by atoms with E-state index < -0.39 is 0 Å². The van der Waals surface area contributed by atoms with Crippen LogP contribution in [0.1, 0.15) is 53.2 Å². The van der Waals surface area contributed by atoms with Crippen molar-refractivity contribution in [2.45, 2.75) is 59.9 Å². The quantitative estimate of drug-likeness (QED) is 0.797. The molecule has 0 saturated carbocycles. The lowest BCUT2D eigenvalue weighted by Crippen LogP contribution is -2.24. The van der Waals surface area contributed by atoms with E-state index in [2.05, 4.69) is 51.2 Å². The minimum absolute atomic E-state index is 0.555. The Kier molecular flexibility index (Phi) is 5.70. The van der Waals surface area contributed by atoms with Gasteiger partial charge in [0.25, 0.3) is 0 Å². The summed E-state index contributed by atoms with van der Waals surface area (Å²) in [6, 6.07) is 0.555. The Hall–Kier alpha value is -0.990. The van der Waals surface area contributed by atoms with Crippen molar-refractivity contribution in [3.8, 4) is 0 Å². The van der Waals surface area contributed by atoms with Crippen molar-refractivity contribution >= 4 is 5.69 Å². The van der Waals surface area contributed by atoms with Gasteiger partial charge in [-0.05, 0) is 31.1 Å². The van der Waals surface area contributed by atoms with Gasteiger partial charge >= 0.3 is 0 Å². The van der Waals surface area contributed by atoms with Gasteiger partial charge in [0.15, 0.2) is 0 Å². The molecule has 0 atom stereocenters. The van der Waals surface area contributed by atoms with Gasteiger partial charge in [-0.3, -0.25) is 4.68 Å². The van der Waals surface area contributed by atoms with Crippen LogP contribution in [0, 0.1) is 11.8 Å². The summed E-state index contributed by atoms with van der Waals surface area (Å²) in [5, 5.41) is 8.19. The highest BCUT2D eigenvalue weighted by Gasteiger charge is 2.15. The van der Waals surface area contributed by atoms with Gasteiger partial charge in [0.2, 0.25) is 0 Å². The van der Waals surface area contributed by atoms with Crippen molar-refractivity contribution in [1.82, 2.24) is 9.78 Å². The van der Waals surface area contributed by atoms with Crippen molar-refractivity contribution in [2.24, 2.45) is 18.9 Å². The van der Waals surface area contributed by atoms with E-state index in [1.54, 1.807) is 0 Å². The Balaban J connectivity index is 2.74. The van der Waals surface area contributed by atoms with E-state index in [-0.39, 0.29) is 0 Å². The normalized spacial score (nSPS) is 11.8. The van der Waals surface area contributed by atoms with E-state index in [0.717, 1.165) is 18.3 Å². The molecule has 1 rings (SSSR count). The Morgan fingerprint density at radius 3 is 2.17 bits per heavy atom. The SMILES string of the molecule is CCc1nn(C)cc1NC(CC(C)C)CC(C)C. The van der Waals surface area contributed by atoms with Crippen molar-refractivity contribution in [3.63, 3.8) is 0 Å². The summed E-state index contributed by atoms with van der Waals surface area (Å²) >= 11 is 0. The molecule has 18 heavy (non-hydrogen) atoms. The number of anilines is 1. The van der Waals surface area contributed by atoms with Crippen LogP contribution in [-0.4, -0.2) is 15.8 Å². The molecule has 0 bridgehead atoms. The van der Waals surface area contributed by atoms with E-state index >= 15 is 0 Å². The second-order valence-electron chi connectivity index (χ2n) is 6.12. The lowest BCUT2D eigenvalue weighted by atomic mass is 9.95. The smallest absolute Gasteiger partial charge is 0.0853 e. The fourth-order valence-corrected chi connectivity index (χ4v) is 2.49. The maximum absolute atomic E-state index is 4.49. The third-order valence-electron chi connectivity index (χ3n) is 3.11. The fourth-order valence-electron chi connectivity index (χ4n) is 2.49. The topological polar surface area (TPSA) is 29.9 Å². The molecule has 0 saturated heterocycles. The predicted octanol–water partition coefficient (Wildman–Crippen LogP) is 3.86. The predicted molar refractivity (Wildman–Crippen MR) is 78.9 cm³/mol. The molecule has 0 fully saturated rings. The average Bonchev–Trinajstić information content (AvgIpc) is 2.56. The number of aryl methyl sites for hydroxylation is 2. The number of rotatable bonds is 7. The van der Waals surface area contributed by atoms with E-state index in [0.29, 0.717) is 6.04 Å². The fraction of sp³-hybridized carbons (Fsp3) is 0.800. The van der Waals surface area contributed by atoms with E-state index in [9.17, 15) is 0 Å². The summed E-state index contributed by atoms with van der Waals surface area (Å²) in [6.45, 7) is 11.3. The summed E-state index contributed by atoms with van der Waals surface area (Å²) in [6.07, 6.45) is 5.53. The first-order chi connectivity index (χ1) is 8.42. The van der Waals surface area contributed by atoms with Crippen LogP contribution in [0.15, 0.2) is 6.20 Å². The van der Waals surface area contributed by atoms with Gasteiger partial charge in [-0.25, -0.2) is 0 Å². The van der Waals surface area contributed by atoms with Crippen molar-refractivity contribution < 1.29 is 0 Å². The summed E-state index contributed by atoms with van der Waals surface area (Å²) in [4.78, 5) is 0. The third-order valence-corrected chi connectivity index (χ3v) is 3.11. The first-order valence-corrected chi connectivity index (χ1v) is 7.21. The van der Waals surface area contributed by atoms with E-state index in [1.807, 2.05) is 11.7 Å². The number of hydrogen-bond donors (Lipinski definition) is 1. The molecular weight excluding hydrogens is 222 g/mol. The van der Waals surface area contributed by atoms with Gasteiger partial charge < -0.3 is 5.32 Å². The van der Waals surface area contributed by atoms with Crippen LogP contribution in [0.4, 0.5) is 5.69 Å². The lowest BCUT2D eigenvalue weighted by molar-refractivity contribution is 0.442. The molecule has 3 heteroatoms. The van der Waals surface area contributed by atoms with Crippen LogP contribution in [0.25, 0.3) is 0 Å². The molecule has 1 N–H and O–H groups in total. The first-order valence-electron chi connectivity index (χ1n) is 7.21. The van der Waals surface area contributed by atoms with Crippen LogP contribution in [-0.2, 0) is 13.5 Å². The minimum Gasteiger partial charge on any atom is -0.380 e.